The van der Waals surface area contributed by atoms with Crippen molar-refractivity contribution < 1.29 is 4.79 Å². The number of amides is 1. The fourth-order valence-electron chi connectivity index (χ4n) is 4.56. The van der Waals surface area contributed by atoms with Gasteiger partial charge < -0.3 is 11.1 Å². The Bertz CT molecular complexity index is 1410. The molecule has 3 N–H and O–H groups in total. The van der Waals surface area contributed by atoms with Gasteiger partial charge in [-0.3, -0.25) is 14.3 Å². The Labute approximate surface area is 195 Å². The number of para-hydroxylation sites is 1. The summed E-state index contributed by atoms with van der Waals surface area (Å²) in [5, 5.41) is 3.66. The van der Waals surface area contributed by atoms with E-state index in [2.05, 4.69) is 11.4 Å². The van der Waals surface area contributed by atoms with Crippen LogP contribution in [0.2, 0.25) is 0 Å². The summed E-state index contributed by atoms with van der Waals surface area (Å²) in [7, 11) is 1.80. The van der Waals surface area contributed by atoms with Gasteiger partial charge >= 0.3 is 0 Å². The van der Waals surface area contributed by atoms with Gasteiger partial charge in [0.05, 0.1) is 17.1 Å². The molecule has 0 saturated heterocycles. The number of nitrogens with zero attached hydrogens (tertiary/aromatic N) is 3. The largest absolute Gasteiger partial charge is 0.397 e. The first-order valence-corrected chi connectivity index (χ1v) is 12.1. The minimum absolute atomic E-state index is 0.253. The van der Waals surface area contributed by atoms with Gasteiger partial charge in [0, 0.05) is 18.1 Å². The van der Waals surface area contributed by atoms with Crippen molar-refractivity contribution in [3.8, 4) is 5.69 Å². The second kappa shape index (κ2) is 8.51. The van der Waals surface area contributed by atoms with Gasteiger partial charge in [-0.05, 0) is 56.4 Å². The predicted octanol–water partition coefficient (Wildman–Crippen LogP) is 4.59. The lowest BCUT2D eigenvalue weighted by molar-refractivity contribution is 0.103. The maximum atomic E-state index is 13.2. The quantitative estimate of drug-likeness (QED) is 0.467. The number of hydrogen-bond acceptors (Lipinski definition) is 5. The average Bonchev–Trinajstić information content (AvgIpc) is 3.22. The maximum absolute atomic E-state index is 13.2. The Hall–Kier alpha value is -3.39. The molecule has 4 aromatic rings. The lowest BCUT2D eigenvalue weighted by Gasteiger charge is -2.12. The molecule has 0 aliphatic heterocycles. The van der Waals surface area contributed by atoms with Gasteiger partial charge in [0.15, 0.2) is 0 Å². The molecule has 7 nitrogen and oxygen atoms in total. The topological polar surface area (TPSA) is 94.9 Å². The normalized spacial score (nSPS) is 14.0. The van der Waals surface area contributed by atoms with Gasteiger partial charge in [-0.2, -0.15) is 0 Å². The van der Waals surface area contributed by atoms with Crippen molar-refractivity contribution in [1.82, 2.24) is 14.3 Å². The van der Waals surface area contributed by atoms with Crippen LogP contribution in [0.5, 0.6) is 0 Å². The highest BCUT2D eigenvalue weighted by molar-refractivity contribution is 7.21. The van der Waals surface area contributed by atoms with Gasteiger partial charge in [0.2, 0.25) is 0 Å². The Morgan fingerprint density at radius 2 is 1.85 bits per heavy atom. The number of thiophene rings is 1. The van der Waals surface area contributed by atoms with Crippen molar-refractivity contribution in [3.63, 3.8) is 0 Å². The molecule has 1 aromatic carbocycles. The molecule has 3 aromatic heterocycles. The number of pyridine rings is 1. The number of aryl methyl sites for hydroxylation is 2. The third-order valence-electron chi connectivity index (χ3n) is 6.50. The van der Waals surface area contributed by atoms with Crippen LogP contribution in [0.25, 0.3) is 15.9 Å². The van der Waals surface area contributed by atoms with Crippen LogP contribution in [-0.4, -0.2) is 20.3 Å². The molecule has 0 atom stereocenters. The van der Waals surface area contributed by atoms with Crippen LogP contribution in [0.1, 0.15) is 52.3 Å². The van der Waals surface area contributed by atoms with E-state index in [0.717, 1.165) is 47.3 Å². The summed E-state index contributed by atoms with van der Waals surface area (Å²) in [6.45, 7) is 1.81. The van der Waals surface area contributed by atoms with Gasteiger partial charge in [-0.25, -0.2) is 9.67 Å². The number of carbonyl (C=O) groups excluding carboxylic acids is 1. The van der Waals surface area contributed by atoms with Crippen molar-refractivity contribution >= 4 is 38.8 Å². The second-order valence-electron chi connectivity index (χ2n) is 8.60. The smallest absolute Gasteiger partial charge is 0.295 e. The van der Waals surface area contributed by atoms with E-state index in [9.17, 15) is 9.59 Å². The molecule has 1 aliphatic carbocycles. The fraction of sp³-hybridized carbons (Fsp3) is 0.320. The molecular formula is C25H27N5O2S. The Balaban J connectivity index is 1.51. The van der Waals surface area contributed by atoms with Crippen LogP contribution >= 0.6 is 11.3 Å². The zero-order valence-corrected chi connectivity index (χ0v) is 19.7. The Kier molecular flexibility index (Phi) is 5.54. The highest BCUT2D eigenvalue weighted by Crippen LogP contribution is 2.35. The highest BCUT2D eigenvalue weighted by Gasteiger charge is 2.23. The van der Waals surface area contributed by atoms with Crippen LogP contribution < -0.4 is 16.6 Å². The number of anilines is 2. The van der Waals surface area contributed by atoms with E-state index in [1.807, 2.05) is 37.3 Å². The van der Waals surface area contributed by atoms with Crippen LogP contribution in [0, 0.1) is 6.92 Å². The monoisotopic (exact) mass is 461 g/mol. The number of nitrogens with one attached hydrogen (secondary N) is 1. The van der Waals surface area contributed by atoms with E-state index in [-0.39, 0.29) is 17.2 Å². The third-order valence-corrected chi connectivity index (χ3v) is 7.61. The molecule has 170 valence electrons. The molecule has 1 amide bonds. The molecule has 8 heteroatoms. The minimum Gasteiger partial charge on any atom is -0.397 e. The first kappa shape index (κ1) is 21.5. The zero-order chi connectivity index (χ0) is 23.1. The summed E-state index contributed by atoms with van der Waals surface area (Å²) in [6, 6.07) is 11.5. The number of hydrogen-bond donors (Lipinski definition) is 2. The highest BCUT2D eigenvalue weighted by atomic mass is 32.1. The fourth-order valence-corrected chi connectivity index (χ4v) is 5.56. The zero-order valence-electron chi connectivity index (χ0n) is 18.9. The number of fused-ring (bicyclic) bond motifs is 2. The molecule has 0 unspecified atom stereocenters. The molecule has 0 spiro atoms. The van der Waals surface area contributed by atoms with Crippen molar-refractivity contribution in [2.24, 2.45) is 7.05 Å². The van der Waals surface area contributed by atoms with Crippen molar-refractivity contribution in [2.45, 2.75) is 45.4 Å². The van der Waals surface area contributed by atoms with E-state index in [1.54, 1.807) is 16.4 Å². The molecule has 5 rings (SSSR count). The molecular weight excluding hydrogens is 434 g/mol. The van der Waals surface area contributed by atoms with Crippen molar-refractivity contribution in [1.29, 1.82) is 0 Å². The molecule has 0 saturated carbocycles. The maximum Gasteiger partial charge on any atom is 0.295 e. The third kappa shape index (κ3) is 3.74. The SMILES string of the molecule is Cc1c(NC(=O)c2sc3nc4c(cc3c2N)CCCCCC4)c(=O)n(-c2ccccc2)n1C. The Morgan fingerprint density at radius 1 is 1.12 bits per heavy atom. The van der Waals surface area contributed by atoms with Gasteiger partial charge in [0.1, 0.15) is 15.4 Å². The first-order chi connectivity index (χ1) is 16.0. The van der Waals surface area contributed by atoms with Crippen molar-refractivity contribution in [3.05, 3.63) is 68.6 Å². The number of aromatic nitrogens is 3. The number of nitrogen functional groups attached to an aromatic ring is 1. The standard InChI is InChI=1S/C25H27N5O2S/c1-15-21(25(32)30(29(15)2)17-11-7-5-8-12-17)28-23(31)22-20(26)18-14-16-10-6-3-4-9-13-19(16)27-24(18)33-22/h5,7-8,11-12,14H,3-4,6,9-10,13,26H2,1-2H3,(H,28,31). The summed E-state index contributed by atoms with van der Waals surface area (Å²) in [5.41, 5.74) is 10.6. The van der Waals surface area contributed by atoms with E-state index in [0.29, 0.717) is 16.3 Å². The van der Waals surface area contributed by atoms with Crippen LogP contribution in [0.15, 0.2) is 41.2 Å². The van der Waals surface area contributed by atoms with Crippen molar-refractivity contribution in [2.75, 3.05) is 11.1 Å². The van der Waals surface area contributed by atoms with Gasteiger partial charge in [0.25, 0.3) is 11.5 Å². The van der Waals surface area contributed by atoms with Gasteiger partial charge in [-0.15, -0.1) is 11.3 Å². The van der Waals surface area contributed by atoms with Crippen LogP contribution in [0.3, 0.4) is 0 Å². The van der Waals surface area contributed by atoms with Gasteiger partial charge in [-0.1, -0.05) is 31.0 Å². The molecule has 33 heavy (non-hydrogen) atoms. The second-order valence-corrected chi connectivity index (χ2v) is 9.60. The summed E-state index contributed by atoms with van der Waals surface area (Å²) in [6.07, 6.45) is 6.72. The molecule has 0 radical (unpaired) electrons. The molecule has 0 fully saturated rings. The van der Waals surface area contributed by atoms with E-state index >= 15 is 0 Å². The van der Waals surface area contributed by atoms with E-state index < -0.39 is 0 Å². The van der Waals surface area contributed by atoms with E-state index in [4.69, 9.17) is 10.7 Å². The minimum atomic E-state index is -0.381. The molecule has 3 heterocycles. The number of rotatable bonds is 3. The summed E-state index contributed by atoms with van der Waals surface area (Å²) in [4.78, 5) is 32.4. The summed E-state index contributed by atoms with van der Waals surface area (Å²) >= 11 is 1.29. The number of benzene rings is 1. The molecule has 1 aliphatic rings. The number of carbonyl (C=O) groups is 1. The van der Waals surface area contributed by atoms with Crippen LogP contribution in [-0.2, 0) is 19.9 Å². The lowest BCUT2D eigenvalue weighted by Crippen LogP contribution is -2.22. The molecule has 0 bridgehead atoms. The van der Waals surface area contributed by atoms with E-state index in [1.165, 1.54) is 29.7 Å². The number of nitrogens with two attached hydrogens (primary N) is 1. The predicted molar refractivity (Wildman–Crippen MR) is 134 cm³/mol. The Morgan fingerprint density at radius 3 is 2.61 bits per heavy atom. The van der Waals surface area contributed by atoms with Crippen LogP contribution in [0.4, 0.5) is 11.4 Å². The average molecular weight is 462 g/mol. The first-order valence-electron chi connectivity index (χ1n) is 11.3. The summed E-state index contributed by atoms with van der Waals surface area (Å²) < 4.78 is 3.28. The lowest BCUT2D eigenvalue weighted by atomic mass is 9.96. The summed E-state index contributed by atoms with van der Waals surface area (Å²) in [5.74, 6) is -0.381.